The summed E-state index contributed by atoms with van der Waals surface area (Å²) in [6, 6.07) is 6.33. The van der Waals surface area contributed by atoms with Gasteiger partial charge in [0, 0.05) is 53.1 Å². The summed E-state index contributed by atoms with van der Waals surface area (Å²) in [6.07, 6.45) is 12.3. The van der Waals surface area contributed by atoms with Crippen LogP contribution in [0.2, 0.25) is 0 Å². The lowest BCUT2D eigenvalue weighted by Crippen LogP contribution is -2.09. The highest BCUT2D eigenvalue weighted by atomic mass is 16.3. The van der Waals surface area contributed by atoms with Gasteiger partial charge in [-0.15, -0.1) is 0 Å². The molecule has 0 atom stereocenters. The molecule has 0 aromatic carbocycles. The molecule has 162 valence electrons. The van der Waals surface area contributed by atoms with Crippen molar-refractivity contribution in [1.82, 2.24) is 35.1 Å². The summed E-state index contributed by atoms with van der Waals surface area (Å²) < 4.78 is 5.24. The molecule has 6 aromatic heterocycles. The van der Waals surface area contributed by atoms with Crippen LogP contribution in [0.25, 0.3) is 55.8 Å². The first-order chi connectivity index (χ1) is 16.2. The number of pyridine rings is 3. The summed E-state index contributed by atoms with van der Waals surface area (Å²) in [5.74, 6) is 0.640. The number of aromatic amines is 2. The van der Waals surface area contributed by atoms with Crippen LogP contribution in [-0.2, 0) is 0 Å². The van der Waals surface area contributed by atoms with Crippen molar-refractivity contribution in [1.29, 1.82) is 0 Å². The number of aromatic nitrogens is 7. The van der Waals surface area contributed by atoms with Crippen molar-refractivity contribution < 1.29 is 4.42 Å². The second kappa shape index (κ2) is 7.56. The van der Waals surface area contributed by atoms with E-state index in [1.165, 1.54) is 0 Å². The zero-order chi connectivity index (χ0) is 22.4. The Morgan fingerprint density at radius 3 is 2.70 bits per heavy atom. The molecule has 0 amide bonds. The number of nitrogens with one attached hydrogen (secondary N) is 3. The van der Waals surface area contributed by atoms with E-state index >= 15 is 0 Å². The summed E-state index contributed by atoms with van der Waals surface area (Å²) in [6.45, 7) is 4.19. The van der Waals surface area contributed by atoms with Crippen molar-refractivity contribution in [2.75, 3.05) is 5.32 Å². The van der Waals surface area contributed by atoms with E-state index in [2.05, 4.69) is 61.4 Å². The molecule has 0 aliphatic carbocycles. The van der Waals surface area contributed by atoms with Crippen molar-refractivity contribution in [3.63, 3.8) is 0 Å². The predicted molar refractivity (Wildman–Crippen MR) is 126 cm³/mol. The van der Waals surface area contributed by atoms with E-state index in [4.69, 9.17) is 9.40 Å². The molecule has 9 heteroatoms. The minimum absolute atomic E-state index is 0.317. The summed E-state index contributed by atoms with van der Waals surface area (Å²) in [7, 11) is 0. The Morgan fingerprint density at radius 2 is 1.85 bits per heavy atom. The van der Waals surface area contributed by atoms with Crippen molar-refractivity contribution in [3.8, 4) is 33.8 Å². The number of H-pyrrole nitrogens is 2. The van der Waals surface area contributed by atoms with Gasteiger partial charge in [-0.25, -0.2) is 9.97 Å². The van der Waals surface area contributed by atoms with Crippen LogP contribution in [0.5, 0.6) is 0 Å². The zero-order valence-electron chi connectivity index (χ0n) is 18.0. The molecule has 6 heterocycles. The van der Waals surface area contributed by atoms with Crippen LogP contribution >= 0.6 is 0 Å². The van der Waals surface area contributed by atoms with Gasteiger partial charge in [-0.05, 0) is 32.0 Å². The van der Waals surface area contributed by atoms with E-state index in [9.17, 15) is 0 Å². The van der Waals surface area contributed by atoms with E-state index in [-0.39, 0.29) is 0 Å². The van der Waals surface area contributed by atoms with Gasteiger partial charge in [-0.2, -0.15) is 5.10 Å². The van der Waals surface area contributed by atoms with Crippen molar-refractivity contribution in [2.45, 2.75) is 19.9 Å². The number of hydrogen-bond acceptors (Lipinski definition) is 7. The van der Waals surface area contributed by atoms with Gasteiger partial charge in [0.2, 0.25) is 0 Å². The molecule has 0 saturated heterocycles. The number of furan rings is 1. The summed E-state index contributed by atoms with van der Waals surface area (Å²) in [5, 5.41) is 11.8. The Morgan fingerprint density at radius 1 is 0.970 bits per heavy atom. The van der Waals surface area contributed by atoms with Gasteiger partial charge < -0.3 is 14.7 Å². The lowest BCUT2D eigenvalue weighted by molar-refractivity contribution is 0.568. The number of nitrogens with zero attached hydrogens (tertiary/aromatic N) is 5. The summed E-state index contributed by atoms with van der Waals surface area (Å²) in [5.41, 5.74) is 7.70. The van der Waals surface area contributed by atoms with Gasteiger partial charge in [-0.1, -0.05) is 0 Å². The molecule has 0 aliphatic heterocycles. The standard InChI is InChI=1S/C24H20N8O/c1-13(2)28-17-5-15(7-25-9-17)16-6-18-22(31-32-23(18)27-8-16)24-29-20-11-26-10-19(21(20)30-24)14-3-4-33-12-14/h3-13,28H,1-2H3,(H,29,30)(H,27,31,32). The normalized spacial score (nSPS) is 11.6. The van der Waals surface area contributed by atoms with Crippen molar-refractivity contribution >= 4 is 27.8 Å². The van der Waals surface area contributed by atoms with Crippen LogP contribution in [-0.4, -0.2) is 41.2 Å². The first-order valence-electron chi connectivity index (χ1n) is 10.6. The van der Waals surface area contributed by atoms with Gasteiger partial charge in [0.25, 0.3) is 0 Å². The maximum Gasteiger partial charge on any atom is 0.159 e. The Bertz CT molecular complexity index is 1580. The number of imidazole rings is 1. The number of anilines is 1. The third-order valence-corrected chi connectivity index (χ3v) is 5.39. The monoisotopic (exact) mass is 436 g/mol. The molecular formula is C24H20N8O. The number of fused-ring (bicyclic) bond motifs is 2. The Hall–Kier alpha value is -4.53. The first-order valence-corrected chi connectivity index (χ1v) is 10.6. The molecule has 0 radical (unpaired) electrons. The molecule has 0 fully saturated rings. The average molecular weight is 436 g/mol. The summed E-state index contributed by atoms with van der Waals surface area (Å²) >= 11 is 0. The van der Waals surface area contributed by atoms with Gasteiger partial charge >= 0.3 is 0 Å². The third kappa shape index (κ3) is 3.39. The molecule has 3 N–H and O–H groups in total. The average Bonchev–Trinajstić information content (AvgIpc) is 3.57. The van der Waals surface area contributed by atoms with Gasteiger partial charge in [0.1, 0.15) is 11.2 Å². The minimum atomic E-state index is 0.317. The molecule has 6 aromatic rings. The zero-order valence-corrected chi connectivity index (χ0v) is 18.0. The molecule has 0 unspecified atom stereocenters. The quantitative estimate of drug-likeness (QED) is 0.346. The van der Waals surface area contributed by atoms with Crippen LogP contribution in [0.1, 0.15) is 13.8 Å². The van der Waals surface area contributed by atoms with E-state index in [0.29, 0.717) is 23.2 Å². The Kier molecular flexibility index (Phi) is 4.39. The maximum absolute atomic E-state index is 5.24. The van der Waals surface area contributed by atoms with Crippen LogP contribution in [0.3, 0.4) is 0 Å². The number of rotatable bonds is 5. The lowest BCUT2D eigenvalue weighted by Gasteiger charge is -2.10. The Balaban J connectivity index is 1.45. The minimum Gasteiger partial charge on any atom is -0.472 e. The van der Waals surface area contributed by atoms with Gasteiger partial charge in [0.05, 0.1) is 35.3 Å². The maximum atomic E-state index is 5.24. The van der Waals surface area contributed by atoms with Gasteiger partial charge in [-0.3, -0.25) is 15.1 Å². The fourth-order valence-corrected chi connectivity index (χ4v) is 3.93. The lowest BCUT2D eigenvalue weighted by atomic mass is 10.1. The fourth-order valence-electron chi connectivity index (χ4n) is 3.93. The third-order valence-electron chi connectivity index (χ3n) is 5.39. The predicted octanol–water partition coefficient (Wildman–Crippen LogP) is 5.04. The van der Waals surface area contributed by atoms with Crippen LogP contribution in [0.4, 0.5) is 5.69 Å². The number of hydrogen-bond donors (Lipinski definition) is 3. The second-order valence-corrected chi connectivity index (χ2v) is 8.13. The summed E-state index contributed by atoms with van der Waals surface area (Å²) in [4.78, 5) is 21.5. The molecule has 33 heavy (non-hydrogen) atoms. The molecule has 0 aliphatic rings. The largest absolute Gasteiger partial charge is 0.472 e. The first kappa shape index (κ1) is 19.2. The molecule has 6 rings (SSSR count). The second-order valence-electron chi connectivity index (χ2n) is 8.13. The SMILES string of the molecule is CC(C)Nc1cncc(-c2cnc3[nH]nc(-c4nc5c(-c6ccoc6)cncc5[nH]4)c3c2)c1. The van der Waals surface area contributed by atoms with Crippen molar-refractivity contribution in [3.05, 3.63) is 61.7 Å². The fraction of sp³-hybridized carbons (Fsp3) is 0.125. The molecule has 0 spiro atoms. The van der Waals surface area contributed by atoms with Crippen molar-refractivity contribution in [2.24, 2.45) is 0 Å². The van der Waals surface area contributed by atoms with E-state index < -0.39 is 0 Å². The Labute approximate surface area is 188 Å². The van der Waals surface area contributed by atoms with Gasteiger partial charge in [0.15, 0.2) is 11.5 Å². The topological polar surface area (TPSA) is 121 Å². The van der Waals surface area contributed by atoms with Crippen LogP contribution < -0.4 is 5.32 Å². The molecule has 0 bridgehead atoms. The van der Waals surface area contributed by atoms with E-state index in [1.54, 1.807) is 24.9 Å². The van der Waals surface area contributed by atoms with E-state index in [1.807, 2.05) is 24.7 Å². The van der Waals surface area contributed by atoms with Crippen LogP contribution in [0, 0.1) is 0 Å². The smallest absolute Gasteiger partial charge is 0.159 e. The molecule has 9 nitrogen and oxygen atoms in total. The van der Waals surface area contributed by atoms with Crippen LogP contribution in [0.15, 0.2) is 66.1 Å². The van der Waals surface area contributed by atoms with E-state index in [0.717, 1.165) is 44.4 Å². The highest BCUT2D eigenvalue weighted by molar-refractivity contribution is 5.96. The molecular weight excluding hydrogens is 416 g/mol. The molecule has 0 saturated carbocycles. The highest BCUT2D eigenvalue weighted by Gasteiger charge is 2.17. The highest BCUT2D eigenvalue weighted by Crippen LogP contribution is 2.32.